The van der Waals surface area contributed by atoms with Gasteiger partial charge in [0.15, 0.2) is 17.4 Å². The number of hydrogen-bond acceptors (Lipinski definition) is 5. The molecule has 0 atom stereocenters. The van der Waals surface area contributed by atoms with Gasteiger partial charge in [0.1, 0.15) is 6.54 Å². The first-order valence-electron chi connectivity index (χ1n) is 9.38. The average Bonchev–Trinajstić information content (AvgIpc) is 3.36. The van der Waals surface area contributed by atoms with Crippen molar-refractivity contribution >= 4 is 52.8 Å². The predicted molar refractivity (Wildman–Crippen MR) is 125 cm³/mol. The molecule has 4 rings (SSSR count). The van der Waals surface area contributed by atoms with Crippen LogP contribution in [-0.4, -0.2) is 51.0 Å². The van der Waals surface area contributed by atoms with E-state index < -0.39 is 0 Å². The van der Waals surface area contributed by atoms with Crippen molar-refractivity contribution in [3.8, 4) is 0 Å². The lowest BCUT2D eigenvalue weighted by Crippen LogP contribution is -2.45. The molecule has 1 aliphatic rings. The van der Waals surface area contributed by atoms with Crippen molar-refractivity contribution in [3.63, 3.8) is 0 Å². The molecular formula is C19H24IN7OS. The third-order valence-corrected chi connectivity index (χ3v) is 5.70. The lowest BCUT2D eigenvalue weighted by atomic mass is 10.1. The minimum Gasteiger partial charge on any atom is -0.357 e. The van der Waals surface area contributed by atoms with Gasteiger partial charge >= 0.3 is 0 Å². The Kier molecular flexibility index (Phi) is 7.42. The summed E-state index contributed by atoms with van der Waals surface area (Å²) in [5, 5.41) is 16.7. The molecule has 0 fully saturated rings. The lowest BCUT2D eigenvalue weighted by molar-refractivity contribution is -0.130. The summed E-state index contributed by atoms with van der Waals surface area (Å²) >= 11 is 1.77. The molecule has 3 aromatic heterocycles. The molecule has 10 heteroatoms. The second kappa shape index (κ2) is 10.0. The number of nitrogens with zero attached hydrogens (tertiary/aromatic N) is 5. The summed E-state index contributed by atoms with van der Waals surface area (Å²) in [6, 6.07) is 7.87. The number of nitrogens with one attached hydrogen (secondary N) is 2. The van der Waals surface area contributed by atoms with Gasteiger partial charge < -0.3 is 15.5 Å². The van der Waals surface area contributed by atoms with Crippen LogP contribution in [0.4, 0.5) is 0 Å². The average molecular weight is 525 g/mol. The highest BCUT2D eigenvalue weighted by Crippen LogP contribution is 2.23. The normalized spacial score (nSPS) is 13.7. The van der Waals surface area contributed by atoms with Crippen LogP contribution < -0.4 is 10.6 Å². The van der Waals surface area contributed by atoms with Crippen molar-refractivity contribution in [2.45, 2.75) is 26.4 Å². The first-order valence-corrected chi connectivity index (χ1v) is 10.3. The summed E-state index contributed by atoms with van der Waals surface area (Å²) in [6.07, 6.45) is 2.85. The SMILES string of the molecule is CCNC(=NCc1nnc2ccccn12)NCC(=O)N1CCc2sccc2C1.I. The molecule has 0 unspecified atom stereocenters. The van der Waals surface area contributed by atoms with Gasteiger partial charge in [-0.25, -0.2) is 4.99 Å². The second-order valence-electron chi connectivity index (χ2n) is 6.53. The number of guanidine groups is 1. The van der Waals surface area contributed by atoms with Crippen LogP contribution in [0.2, 0.25) is 0 Å². The van der Waals surface area contributed by atoms with E-state index in [9.17, 15) is 4.79 Å². The Morgan fingerprint density at radius 2 is 2.17 bits per heavy atom. The Labute approximate surface area is 190 Å². The van der Waals surface area contributed by atoms with Gasteiger partial charge in [-0.3, -0.25) is 9.20 Å². The fourth-order valence-electron chi connectivity index (χ4n) is 3.22. The van der Waals surface area contributed by atoms with E-state index >= 15 is 0 Å². The number of aliphatic imine (C=N–C) groups is 1. The molecule has 1 amide bonds. The Bertz CT molecular complexity index is 999. The molecule has 154 valence electrons. The Hall–Kier alpha value is -2.21. The van der Waals surface area contributed by atoms with Gasteiger partial charge in [0.05, 0.1) is 6.54 Å². The summed E-state index contributed by atoms with van der Waals surface area (Å²) in [4.78, 5) is 20.5. The number of thiophene rings is 1. The lowest BCUT2D eigenvalue weighted by Gasteiger charge is -2.27. The Morgan fingerprint density at radius 1 is 1.28 bits per heavy atom. The first kappa shape index (κ1) is 21.5. The fraction of sp³-hybridized carbons (Fsp3) is 0.368. The van der Waals surface area contributed by atoms with Crippen LogP contribution >= 0.6 is 35.3 Å². The summed E-state index contributed by atoms with van der Waals surface area (Å²) in [7, 11) is 0. The molecule has 0 bridgehead atoms. The van der Waals surface area contributed by atoms with Gasteiger partial charge in [0.2, 0.25) is 5.91 Å². The number of carbonyl (C=O) groups is 1. The zero-order chi connectivity index (χ0) is 19.3. The Balaban J connectivity index is 0.00000240. The van der Waals surface area contributed by atoms with Gasteiger partial charge in [-0.1, -0.05) is 6.07 Å². The third kappa shape index (κ3) is 5.04. The number of rotatable bonds is 5. The number of carbonyl (C=O) groups excluding carboxylic acids is 1. The topological polar surface area (TPSA) is 86.9 Å². The number of hydrogen-bond donors (Lipinski definition) is 2. The zero-order valence-corrected chi connectivity index (χ0v) is 19.3. The van der Waals surface area contributed by atoms with E-state index in [4.69, 9.17) is 0 Å². The van der Waals surface area contributed by atoms with Crippen molar-refractivity contribution in [2.75, 3.05) is 19.6 Å². The fourth-order valence-corrected chi connectivity index (χ4v) is 4.11. The van der Waals surface area contributed by atoms with Crippen LogP contribution in [0.1, 0.15) is 23.2 Å². The Morgan fingerprint density at radius 3 is 3.03 bits per heavy atom. The quantitative estimate of drug-likeness (QED) is 0.303. The minimum atomic E-state index is 0. The molecule has 1 aliphatic heterocycles. The standard InChI is InChI=1S/C19H23N7OS.HI/c1-2-20-19(21-11-17-24-23-16-5-3-4-8-26(16)17)22-12-18(27)25-9-6-15-14(13-25)7-10-28-15;/h3-5,7-8,10H,2,6,9,11-13H2,1H3,(H2,20,21,22);1H. The minimum absolute atomic E-state index is 0. The van der Waals surface area contributed by atoms with Crippen molar-refractivity contribution in [3.05, 3.63) is 52.1 Å². The van der Waals surface area contributed by atoms with Crippen LogP contribution in [0, 0.1) is 0 Å². The number of pyridine rings is 1. The van der Waals surface area contributed by atoms with Gasteiger partial charge in [0.25, 0.3) is 0 Å². The van der Waals surface area contributed by atoms with E-state index in [0.29, 0.717) is 25.6 Å². The van der Waals surface area contributed by atoms with E-state index in [0.717, 1.165) is 24.4 Å². The molecule has 4 heterocycles. The smallest absolute Gasteiger partial charge is 0.242 e. The highest BCUT2D eigenvalue weighted by molar-refractivity contribution is 14.0. The molecule has 2 N–H and O–H groups in total. The molecule has 0 aliphatic carbocycles. The molecule has 0 aromatic carbocycles. The molecule has 0 radical (unpaired) electrons. The van der Waals surface area contributed by atoms with Crippen molar-refractivity contribution in [1.29, 1.82) is 0 Å². The summed E-state index contributed by atoms with van der Waals surface area (Å²) in [5.41, 5.74) is 2.06. The molecule has 0 spiro atoms. The zero-order valence-electron chi connectivity index (χ0n) is 16.2. The van der Waals surface area contributed by atoms with Crippen molar-refractivity contribution < 1.29 is 4.79 Å². The van der Waals surface area contributed by atoms with Crippen LogP contribution in [0.3, 0.4) is 0 Å². The monoisotopic (exact) mass is 525 g/mol. The molecule has 0 saturated heterocycles. The molecule has 8 nitrogen and oxygen atoms in total. The van der Waals surface area contributed by atoms with Gasteiger partial charge in [-0.15, -0.1) is 45.5 Å². The van der Waals surface area contributed by atoms with Gasteiger partial charge in [0, 0.05) is 30.7 Å². The van der Waals surface area contributed by atoms with Crippen LogP contribution in [0.5, 0.6) is 0 Å². The van der Waals surface area contributed by atoms with Crippen LogP contribution in [0.15, 0.2) is 40.8 Å². The second-order valence-corrected chi connectivity index (χ2v) is 7.53. The van der Waals surface area contributed by atoms with Crippen LogP contribution in [0.25, 0.3) is 5.65 Å². The van der Waals surface area contributed by atoms with E-state index in [1.165, 1.54) is 10.4 Å². The summed E-state index contributed by atoms with van der Waals surface area (Å²) in [6.45, 7) is 4.76. The van der Waals surface area contributed by atoms with Gasteiger partial charge in [-0.2, -0.15) is 0 Å². The van der Waals surface area contributed by atoms with Crippen molar-refractivity contribution in [1.82, 2.24) is 30.1 Å². The predicted octanol–water partition coefficient (Wildman–Crippen LogP) is 2.05. The summed E-state index contributed by atoms with van der Waals surface area (Å²) in [5.74, 6) is 1.42. The maximum absolute atomic E-state index is 12.6. The number of aromatic nitrogens is 3. The molecule has 0 saturated carbocycles. The maximum Gasteiger partial charge on any atom is 0.242 e. The summed E-state index contributed by atoms with van der Waals surface area (Å²) < 4.78 is 1.91. The van der Waals surface area contributed by atoms with Crippen molar-refractivity contribution in [2.24, 2.45) is 4.99 Å². The van der Waals surface area contributed by atoms with E-state index in [-0.39, 0.29) is 36.4 Å². The van der Waals surface area contributed by atoms with E-state index in [1.54, 1.807) is 11.3 Å². The third-order valence-electron chi connectivity index (χ3n) is 4.67. The number of halogens is 1. The molecular weight excluding hydrogens is 501 g/mol. The maximum atomic E-state index is 12.6. The van der Waals surface area contributed by atoms with E-state index in [1.807, 2.05) is 40.6 Å². The molecule has 29 heavy (non-hydrogen) atoms. The molecule has 3 aromatic rings. The largest absolute Gasteiger partial charge is 0.357 e. The number of fused-ring (bicyclic) bond motifs is 2. The first-order chi connectivity index (χ1) is 13.7. The van der Waals surface area contributed by atoms with Gasteiger partial charge in [-0.05, 0) is 42.5 Å². The number of amides is 1. The highest BCUT2D eigenvalue weighted by Gasteiger charge is 2.21. The highest BCUT2D eigenvalue weighted by atomic mass is 127. The van der Waals surface area contributed by atoms with Crippen LogP contribution in [-0.2, 0) is 24.3 Å². The van der Waals surface area contributed by atoms with E-state index in [2.05, 4.69) is 37.3 Å².